The number of esters is 1. The molecule has 36 heavy (non-hydrogen) atoms. The molecule has 1 saturated heterocycles. The summed E-state index contributed by atoms with van der Waals surface area (Å²) >= 11 is 0. The number of imide groups is 1. The van der Waals surface area contributed by atoms with E-state index in [9.17, 15) is 24.0 Å². The molecule has 2 heterocycles. The first-order valence-corrected chi connectivity index (χ1v) is 12.8. The predicted octanol–water partition coefficient (Wildman–Crippen LogP) is 2.72. The smallest absolute Gasteiger partial charge is 0.326 e. The number of rotatable bonds is 5. The molecule has 1 aromatic rings. The normalized spacial score (nSPS) is 26.7. The van der Waals surface area contributed by atoms with Gasteiger partial charge in [0.2, 0.25) is 0 Å². The van der Waals surface area contributed by atoms with E-state index in [4.69, 9.17) is 4.74 Å². The number of carbonyl (C=O) groups excluding carboxylic acids is 5. The van der Waals surface area contributed by atoms with Gasteiger partial charge in [0.05, 0.1) is 11.4 Å². The number of hydrogen-bond acceptors (Lipinski definition) is 6. The Bertz CT molecular complexity index is 1100. The van der Waals surface area contributed by atoms with E-state index in [0.717, 1.165) is 37.0 Å². The van der Waals surface area contributed by atoms with E-state index in [1.54, 1.807) is 24.3 Å². The van der Waals surface area contributed by atoms with E-state index in [1.807, 2.05) is 0 Å². The van der Waals surface area contributed by atoms with E-state index in [0.29, 0.717) is 43.0 Å². The Kier molecular flexibility index (Phi) is 6.22. The van der Waals surface area contributed by atoms with Gasteiger partial charge in [-0.1, -0.05) is 38.3 Å². The summed E-state index contributed by atoms with van der Waals surface area (Å²) < 4.78 is 5.24. The standard InChI is InChI=1S/C26H32N4O6/c1-2-17-9-13-25(14-10-17)23(34)29(24(35)28-25)15-21(32)36-16-20(31)30-19-8-4-3-7-18(19)27-22(33)26(30)11-5-6-12-26/h3-4,7-8,17H,2,5-6,9-16H2,1H3,(H,27,33)(H,28,35). The van der Waals surface area contributed by atoms with Crippen LogP contribution in [0.4, 0.5) is 16.2 Å². The van der Waals surface area contributed by atoms with Crippen LogP contribution in [0.1, 0.15) is 64.7 Å². The van der Waals surface area contributed by atoms with Crippen LogP contribution in [0, 0.1) is 5.92 Å². The number of amides is 5. The van der Waals surface area contributed by atoms with Gasteiger partial charge in [-0.05, 0) is 56.6 Å². The molecule has 2 aliphatic heterocycles. The van der Waals surface area contributed by atoms with Crippen molar-refractivity contribution in [3.63, 3.8) is 0 Å². The molecule has 0 unspecified atom stereocenters. The van der Waals surface area contributed by atoms with Crippen molar-refractivity contribution >= 4 is 41.1 Å². The average molecular weight is 497 g/mol. The van der Waals surface area contributed by atoms with Crippen molar-refractivity contribution in [1.82, 2.24) is 10.2 Å². The first-order chi connectivity index (χ1) is 17.3. The van der Waals surface area contributed by atoms with Crippen LogP contribution in [0.15, 0.2) is 24.3 Å². The van der Waals surface area contributed by atoms with Gasteiger partial charge < -0.3 is 15.4 Å². The highest BCUT2D eigenvalue weighted by molar-refractivity contribution is 6.15. The second-order valence-electron chi connectivity index (χ2n) is 10.4. The maximum absolute atomic E-state index is 13.3. The molecule has 0 aromatic heterocycles. The minimum atomic E-state index is -1.01. The molecule has 0 bridgehead atoms. The van der Waals surface area contributed by atoms with Crippen LogP contribution in [-0.2, 0) is 23.9 Å². The molecule has 1 aromatic carbocycles. The molecule has 10 heteroatoms. The lowest BCUT2D eigenvalue weighted by Gasteiger charge is -2.44. The van der Waals surface area contributed by atoms with E-state index >= 15 is 0 Å². The predicted molar refractivity (Wildman–Crippen MR) is 130 cm³/mol. The van der Waals surface area contributed by atoms with Gasteiger partial charge in [-0.2, -0.15) is 0 Å². The Hall–Kier alpha value is -3.43. The summed E-state index contributed by atoms with van der Waals surface area (Å²) in [7, 11) is 0. The van der Waals surface area contributed by atoms with Gasteiger partial charge in [0.25, 0.3) is 17.7 Å². The number of nitrogens with one attached hydrogen (secondary N) is 2. The Morgan fingerprint density at radius 1 is 1.06 bits per heavy atom. The quantitative estimate of drug-likeness (QED) is 0.477. The van der Waals surface area contributed by atoms with Gasteiger partial charge in [-0.3, -0.25) is 29.0 Å². The summed E-state index contributed by atoms with van der Waals surface area (Å²) in [6.07, 6.45) is 6.51. The number of urea groups is 1. The van der Waals surface area contributed by atoms with Crippen LogP contribution < -0.4 is 15.5 Å². The zero-order chi connectivity index (χ0) is 25.5. The highest BCUT2D eigenvalue weighted by atomic mass is 16.5. The molecule has 2 saturated carbocycles. The number of ether oxygens (including phenoxy) is 1. The number of para-hydroxylation sites is 2. The minimum absolute atomic E-state index is 0.235. The van der Waals surface area contributed by atoms with Gasteiger partial charge in [-0.15, -0.1) is 0 Å². The van der Waals surface area contributed by atoms with Crippen molar-refractivity contribution < 1.29 is 28.7 Å². The number of carbonyl (C=O) groups is 5. The zero-order valence-electron chi connectivity index (χ0n) is 20.5. The van der Waals surface area contributed by atoms with Crippen LogP contribution in [-0.4, -0.2) is 58.9 Å². The molecule has 2 N–H and O–H groups in total. The molecule has 2 aliphatic carbocycles. The largest absolute Gasteiger partial charge is 0.454 e. The molecule has 5 amide bonds. The van der Waals surface area contributed by atoms with Crippen molar-refractivity contribution in [3.8, 4) is 0 Å². The number of hydrogen-bond donors (Lipinski definition) is 2. The van der Waals surface area contributed by atoms with Gasteiger partial charge in [-0.25, -0.2) is 4.79 Å². The fraction of sp³-hybridized carbons (Fsp3) is 0.577. The number of benzene rings is 1. The molecular formula is C26H32N4O6. The lowest BCUT2D eigenvalue weighted by Crippen LogP contribution is -2.61. The second kappa shape index (κ2) is 9.22. The topological polar surface area (TPSA) is 125 Å². The first-order valence-electron chi connectivity index (χ1n) is 12.8. The third-order valence-electron chi connectivity index (χ3n) is 8.35. The maximum Gasteiger partial charge on any atom is 0.326 e. The lowest BCUT2D eigenvalue weighted by atomic mass is 9.75. The van der Waals surface area contributed by atoms with Crippen LogP contribution in [0.2, 0.25) is 0 Å². The van der Waals surface area contributed by atoms with E-state index in [2.05, 4.69) is 17.6 Å². The molecule has 4 aliphatic rings. The van der Waals surface area contributed by atoms with Crippen molar-refractivity contribution in [2.24, 2.45) is 5.92 Å². The van der Waals surface area contributed by atoms with E-state index in [1.165, 1.54) is 4.90 Å². The highest BCUT2D eigenvalue weighted by Crippen LogP contribution is 2.45. The van der Waals surface area contributed by atoms with Crippen LogP contribution in [0.3, 0.4) is 0 Å². The summed E-state index contributed by atoms with van der Waals surface area (Å²) in [6, 6.07) is 6.43. The molecule has 3 fully saturated rings. The lowest BCUT2D eigenvalue weighted by molar-refractivity contribution is -0.151. The van der Waals surface area contributed by atoms with Gasteiger partial charge in [0.15, 0.2) is 6.61 Å². The second-order valence-corrected chi connectivity index (χ2v) is 10.4. The fourth-order valence-corrected chi connectivity index (χ4v) is 6.25. The monoisotopic (exact) mass is 496 g/mol. The Morgan fingerprint density at radius 2 is 1.75 bits per heavy atom. The Balaban J connectivity index is 1.25. The Labute approximate surface area is 209 Å². The molecule has 2 spiro atoms. The molecule has 0 atom stereocenters. The highest BCUT2D eigenvalue weighted by Gasteiger charge is 2.54. The third kappa shape index (κ3) is 3.92. The SMILES string of the molecule is CCC1CCC2(CC1)NC(=O)N(CC(=O)OCC(=O)N1c3ccccc3NC(=O)C13CCCC3)C2=O. The Morgan fingerprint density at radius 3 is 2.44 bits per heavy atom. The molecule has 0 radical (unpaired) electrons. The molecule has 10 nitrogen and oxygen atoms in total. The minimum Gasteiger partial charge on any atom is -0.454 e. The van der Waals surface area contributed by atoms with Crippen LogP contribution >= 0.6 is 0 Å². The van der Waals surface area contributed by atoms with Crippen molar-refractivity contribution in [2.45, 2.75) is 75.8 Å². The third-order valence-corrected chi connectivity index (χ3v) is 8.35. The number of fused-ring (bicyclic) bond motifs is 1. The average Bonchev–Trinajstić information content (AvgIpc) is 3.44. The molecule has 5 rings (SSSR count). The summed E-state index contributed by atoms with van der Waals surface area (Å²) in [5.74, 6) is -1.46. The van der Waals surface area contributed by atoms with Gasteiger partial charge in [0, 0.05) is 0 Å². The molecular weight excluding hydrogens is 464 g/mol. The van der Waals surface area contributed by atoms with Crippen molar-refractivity contribution in [2.75, 3.05) is 23.4 Å². The fourth-order valence-electron chi connectivity index (χ4n) is 6.25. The number of nitrogens with zero attached hydrogens (tertiary/aromatic N) is 2. The van der Waals surface area contributed by atoms with Gasteiger partial charge >= 0.3 is 12.0 Å². The zero-order valence-corrected chi connectivity index (χ0v) is 20.5. The van der Waals surface area contributed by atoms with Crippen LogP contribution in [0.25, 0.3) is 0 Å². The van der Waals surface area contributed by atoms with Gasteiger partial charge in [0.1, 0.15) is 17.6 Å². The maximum atomic E-state index is 13.3. The first kappa shape index (κ1) is 24.3. The van der Waals surface area contributed by atoms with Crippen molar-refractivity contribution in [3.05, 3.63) is 24.3 Å². The number of anilines is 2. The van der Waals surface area contributed by atoms with Crippen molar-refractivity contribution in [1.29, 1.82) is 0 Å². The van der Waals surface area contributed by atoms with E-state index < -0.39 is 48.0 Å². The molecule has 192 valence electrons. The summed E-state index contributed by atoms with van der Waals surface area (Å²) in [5, 5.41) is 5.70. The van der Waals surface area contributed by atoms with E-state index in [-0.39, 0.29) is 5.91 Å². The summed E-state index contributed by atoms with van der Waals surface area (Å²) in [6.45, 7) is 0.971. The van der Waals surface area contributed by atoms with Crippen LogP contribution in [0.5, 0.6) is 0 Å². The summed E-state index contributed by atoms with van der Waals surface area (Å²) in [5.41, 5.74) is -0.855. The summed E-state index contributed by atoms with van der Waals surface area (Å²) in [4.78, 5) is 67.0.